The van der Waals surface area contributed by atoms with Gasteiger partial charge in [-0.15, -0.1) is 0 Å². The topological polar surface area (TPSA) is 14.2 Å². The van der Waals surface area contributed by atoms with Gasteiger partial charge in [0.1, 0.15) is 5.75 Å². The van der Waals surface area contributed by atoms with Crippen LogP contribution in [0.25, 0.3) is 27.5 Å². The quantitative estimate of drug-likeness (QED) is 0.172. The molecule has 0 radical (unpaired) electrons. The number of para-hydroxylation sites is 2. The lowest BCUT2D eigenvalue weighted by Gasteiger charge is -2.36. The fraction of sp³-hybridized carbons (Fsp3) is 0.314. The van der Waals surface area contributed by atoms with Crippen LogP contribution in [0.1, 0.15) is 77.6 Å². The minimum Gasteiger partial charge on any atom is -0.453 e. The lowest BCUT2D eigenvalue weighted by molar-refractivity contribution is 0.414. The van der Waals surface area contributed by atoms with Crippen molar-refractivity contribution in [2.24, 2.45) is 0 Å². The van der Waals surface area contributed by atoms with Crippen LogP contribution in [0, 0.1) is 3.57 Å². The lowest BCUT2D eigenvalue weighted by atomic mass is 9.75. The fourth-order valence-corrected chi connectivity index (χ4v) is 6.48. The largest absolute Gasteiger partial charge is 0.453 e. The molecule has 0 aliphatic carbocycles. The molecule has 0 amide bonds. The Balaban J connectivity index is 1.70. The summed E-state index contributed by atoms with van der Waals surface area (Å²) in [6, 6.07) is 27.1. The van der Waals surface area contributed by atoms with E-state index in [9.17, 15) is 0 Å². The molecule has 0 spiro atoms. The van der Waals surface area contributed by atoms with Gasteiger partial charge in [0.2, 0.25) is 0 Å². The highest BCUT2D eigenvalue weighted by Crippen LogP contribution is 2.52. The van der Waals surface area contributed by atoms with Crippen molar-refractivity contribution in [1.82, 2.24) is 4.57 Å². The first-order valence-corrected chi connectivity index (χ1v) is 14.6. The lowest BCUT2D eigenvalue weighted by Crippen LogP contribution is -2.25. The van der Waals surface area contributed by atoms with E-state index in [1.54, 1.807) is 0 Å². The van der Waals surface area contributed by atoms with Crippen LogP contribution >= 0.6 is 22.6 Å². The third kappa shape index (κ3) is 3.80. The normalized spacial score (nSPS) is 14.9. The Labute approximate surface area is 240 Å². The number of hydrogen-bond acceptors (Lipinski definition) is 1. The van der Waals surface area contributed by atoms with E-state index in [1.165, 1.54) is 44.1 Å². The molecule has 1 aliphatic rings. The number of hydrogen-bond donors (Lipinski definition) is 0. The molecular formula is C35H36INO. The Bertz CT molecular complexity index is 1670. The average molecular weight is 614 g/mol. The SMILES string of the molecule is CC(C)(C)c1ccc2c(c1)c1cc(C(C)(C)C)ccc1n2-c1cccc2c1Oc1c(I)cccc1C2(C)C. The van der Waals surface area contributed by atoms with Crippen molar-refractivity contribution >= 4 is 44.4 Å². The van der Waals surface area contributed by atoms with Gasteiger partial charge in [0.25, 0.3) is 0 Å². The van der Waals surface area contributed by atoms with E-state index in [-0.39, 0.29) is 16.2 Å². The maximum Gasteiger partial charge on any atom is 0.155 e. The first-order valence-electron chi connectivity index (χ1n) is 13.5. The third-order valence-corrected chi connectivity index (χ3v) is 9.10. The summed E-state index contributed by atoms with van der Waals surface area (Å²) in [6.07, 6.45) is 0. The van der Waals surface area contributed by atoms with Crippen LogP contribution < -0.4 is 4.74 Å². The van der Waals surface area contributed by atoms with Gasteiger partial charge in [-0.2, -0.15) is 0 Å². The number of rotatable bonds is 1. The van der Waals surface area contributed by atoms with Crippen LogP contribution in [0.15, 0.2) is 72.8 Å². The van der Waals surface area contributed by atoms with E-state index in [2.05, 4.69) is 155 Å². The van der Waals surface area contributed by atoms with Crippen LogP contribution in [-0.4, -0.2) is 4.57 Å². The van der Waals surface area contributed by atoms with Crippen molar-refractivity contribution in [2.75, 3.05) is 0 Å². The van der Waals surface area contributed by atoms with Crippen LogP contribution in [0.4, 0.5) is 0 Å². The van der Waals surface area contributed by atoms with E-state index >= 15 is 0 Å². The molecule has 194 valence electrons. The van der Waals surface area contributed by atoms with Gasteiger partial charge in [-0.3, -0.25) is 0 Å². The number of benzene rings is 4. The molecule has 2 heterocycles. The van der Waals surface area contributed by atoms with Crippen LogP contribution in [0.2, 0.25) is 0 Å². The van der Waals surface area contributed by atoms with Crippen LogP contribution in [-0.2, 0) is 16.2 Å². The van der Waals surface area contributed by atoms with Gasteiger partial charge in [-0.1, -0.05) is 91.8 Å². The summed E-state index contributed by atoms with van der Waals surface area (Å²) in [7, 11) is 0. The summed E-state index contributed by atoms with van der Waals surface area (Å²) in [5, 5.41) is 2.59. The highest BCUT2D eigenvalue weighted by atomic mass is 127. The molecule has 5 aromatic rings. The molecule has 38 heavy (non-hydrogen) atoms. The number of fused-ring (bicyclic) bond motifs is 5. The predicted molar refractivity (Wildman–Crippen MR) is 170 cm³/mol. The number of ether oxygens (including phenoxy) is 1. The third-order valence-electron chi connectivity index (χ3n) is 8.25. The van der Waals surface area contributed by atoms with Crippen molar-refractivity contribution in [3.05, 3.63) is 98.6 Å². The first kappa shape index (κ1) is 25.5. The Hall–Kier alpha value is -2.79. The van der Waals surface area contributed by atoms with Crippen molar-refractivity contribution in [3.63, 3.8) is 0 Å². The second kappa shape index (κ2) is 8.35. The predicted octanol–water partition coefficient (Wildman–Crippen LogP) is 10.4. The van der Waals surface area contributed by atoms with Crippen molar-refractivity contribution < 1.29 is 4.74 Å². The summed E-state index contributed by atoms with van der Waals surface area (Å²) >= 11 is 2.40. The van der Waals surface area contributed by atoms with Gasteiger partial charge < -0.3 is 9.30 Å². The first-order chi connectivity index (χ1) is 17.8. The van der Waals surface area contributed by atoms with Gasteiger partial charge in [0.15, 0.2) is 5.75 Å². The molecule has 4 aromatic carbocycles. The van der Waals surface area contributed by atoms with E-state index < -0.39 is 0 Å². The summed E-state index contributed by atoms with van der Waals surface area (Å²) in [4.78, 5) is 0. The van der Waals surface area contributed by atoms with E-state index in [4.69, 9.17) is 4.74 Å². The van der Waals surface area contributed by atoms with Crippen LogP contribution in [0.5, 0.6) is 11.5 Å². The summed E-state index contributed by atoms with van der Waals surface area (Å²) < 4.78 is 10.4. The summed E-state index contributed by atoms with van der Waals surface area (Å²) in [6.45, 7) is 18.3. The second-order valence-corrected chi connectivity index (χ2v) is 14.5. The fourth-order valence-electron chi connectivity index (χ4n) is 5.87. The van der Waals surface area contributed by atoms with Crippen LogP contribution in [0.3, 0.4) is 0 Å². The van der Waals surface area contributed by atoms with Crippen molar-refractivity contribution in [3.8, 4) is 17.2 Å². The standard InChI is InChI=1S/C35H36INO/c1-33(2,3)21-15-17-28-23(19-21)24-20-22(34(4,5)6)16-18-29(24)37(28)30-14-10-12-26-32(30)38-31-25(35(26,7)8)11-9-13-27(31)36/h9-20H,1-8H3. The number of halogens is 1. The summed E-state index contributed by atoms with van der Waals surface area (Å²) in [5.41, 5.74) is 8.64. The van der Waals surface area contributed by atoms with E-state index in [0.717, 1.165) is 20.8 Å². The minimum absolute atomic E-state index is 0.0731. The monoisotopic (exact) mass is 613 g/mol. The molecule has 3 heteroatoms. The van der Waals surface area contributed by atoms with E-state index in [0.29, 0.717) is 0 Å². The minimum atomic E-state index is -0.169. The molecule has 0 saturated heterocycles. The molecule has 1 aromatic heterocycles. The Morgan fingerprint density at radius 2 is 1.16 bits per heavy atom. The molecule has 2 nitrogen and oxygen atoms in total. The zero-order valence-electron chi connectivity index (χ0n) is 23.7. The van der Waals surface area contributed by atoms with Gasteiger partial charge in [-0.25, -0.2) is 0 Å². The highest BCUT2D eigenvalue weighted by Gasteiger charge is 2.37. The van der Waals surface area contributed by atoms with Gasteiger partial charge >= 0.3 is 0 Å². The maximum atomic E-state index is 6.82. The zero-order chi connectivity index (χ0) is 27.2. The Kier molecular flexibility index (Phi) is 5.60. The highest BCUT2D eigenvalue weighted by molar-refractivity contribution is 14.1. The molecule has 1 aliphatic heterocycles. The molecule has 0 bridgehead atoms. The van der Waals surface area contributed by atoms with Gasteiger partial charge in [-0.05, 0) is 80.9 Å². The van der Waals surface area contributed by atoms with Gasteiger partial charge in [0.05, 0.1) is 20.3 Å². The zero-order valence-corrected chi connectivity index (χ0v) is 25.8. The number of aromatic nitrogens is 1. The molecule has 0 fully saturated rings. The van der Waals surface area contributed by atoms with Crippen molar-refractivity contribution in [1.29, 1.82) is 0 Å². The second-order valence-electron chi connectivity index (χ2n) is 13.3. The average Bonchev–Trinajstić information content (AvgIpc) is 3.16. The van der Waals surface area contributed by atoms with Crippen molar-refractivity contribution in [2.45, 2.75) is 71.6 Å². The summed E-state index contributed by atoms with van der Waals surface area (Å²) in [5.74, 6) is 1.93. The molecular weight excluding hydrogens is 577 g/mol. The smallest absolute Gasteiger partial charge is 0.155 e. The Morgan fingerprint density at radius 1 is 0.658 bits per heavy atom. The molecule has 0 saturated carbocycles. The maximum absolute atomic E-state index is 6.82. The Morgan fingerprint density at radius 3 is 1.68 bits per heavy atom. The van der Waals surface area contributed by atoms with Gasteiger partial charge in [0, 0.05) is 27.3 Å². The number of nitrogens with zero attached hydrogens (tertiary/aromatic N) is 1. The molecule has 0 unspecified atom stereocenters. The molecule has 6 rings (SSSR count). The molecule has 0 N–H and O–H groups in total. The molecule has 0 atom stereocenters. The van der Waals surface area contributed by atoms with E-state index in [1.807, 2.05) is 0 Å².